The van der Waals surface area contributed by atoms with E-state index in [9.17, 15) is 4.79 Å². The summed E-state index contributed by atoms with van der Waals surface area (Å²) < 4.78 is 17.8. The minimum Gasteiger partial charge on any atom is -0.464 e. The topological polar surface area (TPSA) is 88.6 Å². The average Bonchev–Trinajstić information content (AvgIpc) is 2.93. The lowest BCUT2D eigenvalue weighted by molar-refractivity contribution is 0.0140. The Labute approximate surface area is 129 Å². The van der Waals surface area contributed by atoms with Crippen molar-refractivity contribution in [3.8, 4) is 0 Å². The summed E-state index contributed by atoms with van der Waals surface area (Å²) in [5, 5.41) is 4.46. The molecule has 7 nitrogen and oxygen atoms in total. The van der Waals surface area contributed by atoms with Crippen molar-refractivity contribution in [1.82, 2.24) is 9.78 Å². The lowest BCUT2D eigenvalue weighted by Gasteiger charge is -2.25. The second-order valence-corrected chi connectivity index (χ2v) is 5.78. The number of carbonyl (C=O) groups is 1. The molecule has 1 aromatic heterocycles. The largest absolute Gasteiger partial charge is 0.464 e. The van der Waals surface area contributed by atoms with Crippen LogP contribution in [0.3, 0.4) is 0 Å². The maximum absolute atomic E-state index is 12.1. The summed E-state index contributed by atoms with van der Waals surface area (Å²) in [5.74, 6) is 0.0703. The van der Waals surface area contributed by atoms with Crippen LogP contribution in [0.25, 0.3) is 0 Å². The summed E-state index contributed by atoms with van der Waals surface area (Å²) in [6, 6.07) is 0.162. The van der Waals surface area contributed by atoms with Gasteiger partial charge in [0.2, 0.25) is 0 Å². The first-order valence-corrected chi connectivity index (χ1v) is 7.88. The molecule has 0 bridgehead atoms. The summed E-state index contributed by atoms with van der Waals surface area (Å²) in [6.07, 6.45) is 4.48. The standard InChI is InChI=1S/C15H23N3O4/c1-20-15(19)13-12(11-4-2-3-7-22-11)14(16)18(17-13)10-5-8-21-9-6-10/h10-11H,2-9,16H2,1H3. The zero-order valence-electron chi connectivity index (χ0n) is 12.9. The van der Waals surface area contributed by atoms with E-state index in [1.807, 2.05) is 0 Å². The van der Waals surface area contributed by atoms with Crippen LogP contribution in [0, 0.1) is 0 Å². The van der Waals surface area contributed by atoms with Crippen molar-refractivity contribution in [2.24, 2.45) is 0 Å². The van der Waals surface area contributed by atoms with Gasteiger partial charge in [-0.25, -0.2) is 9.48 Å². The molecule has 0 saturated carbocycles. The van der Waals surface area contributed by atoms with Crippen LogP contribution in [0.2, 0.25) is 0 Å². The molecule has 122 valence electrons. The molecule has 2 saturated heterocycles. The van der Waals surface area contributed by atoms with Crippen molar-refractivity contribution < 1.29 is 19.0 Å². The van der Waals surface area contributed by atoms with E-state index in [2.05, 4.69) is 5.10 Å². The van der Waals surface area contributed by atoms with E-state index in [1.165, 1.54) is 7.11 Å². The third-order valence-corrected chi connectivity index (χ3v) is 4.40. The molecule has 0 radical (unpaired) electrons. The Morgan fingerprint density at radius 2 is 2.05 bits per heavy atom. The number of aromatic nitrogens is 2. The molecule has 0 aromatic carbocycles. The Hall–Kier alpha value is -1.60. The number of nitrogen functional groups attached to an aromatic ring is 1. The van der Waals surface area contributed by atoms with Gasteiger partial charge in [-0.1, -0.05) is 0 Å². The third-order valence-electron chi connectivity index (χ3n) is 4.40. The predicted octanol–water partition coefficient (Wildman–Crippen LogP) is 1.84. The Balaban J connectivity index is 1.97. The van der Waals surface area contributed by atoms with Crippen molar-refractivity contribution in [1.29, 1.82) is 0 Å². The van der Waals surface area contributed by atoms with Crippen LogP contribution in [0.4, 0.5) is 5.82 Å². The Morgan fingerprint density at radius 3 is 2.68 bits per heavy atom. The number of carbonyl (C=O) groups excluding carboxylic acids is 1. The van der Waals surface area contributed by atoms with Gasteiger partial charge in [-0.05, 0) is 32.1 Å². The molecule has 3 rings (SSSR count). The summed E-state index contributed by atoms with van der Waals surface area (Å²) in [7, 11) is 1.36. The first-order chi connectivity index (χ1) is 10.7. The molecule has 0 amide bonds. The fourth-order valence-electron chi connectivity index (χ4n) is 3.20. The smallest absolute Gasteiger partial charge is 0.359 e. The number of rotatable bonds is 3. The number of anilines is 1. The third kappa shape index (κ3) is 2.83. The van der Waals surface area contributed by atoms with E-state index < -0.39 is 5.97 Å². The molecule has 0 spiro atoms. The average molecular weight is 309 g/mol. The van der Waals surface area contributed by atoms with Gasteiger partial charge in [0.05, 0.1) is 24.8 Å². The van der Waals surface area contributed by atoms with Crippen LogP contribution in [-0.4, -0.2) is 42.7 Å². The number of nitrogens with two attached hydrogens (primary N) is 1. The van der Waals surface area contributed by atoms with Gasteiger partial charge in [0, 0.05) is 19.8 Å². The molecule has 2 aliphatic rings. The van der Waals surface area contributed by atoms with Crippen molar-refractivity contribution in [3.05, 3.63) is 11.3 Å². The maximum Gasteiger partial charge on any atom is 0.359 e. The molecule has 0 aliphatic carbocycles. The molecule has 2 N–H and O–H groups in total. The molecule has 22 heavy (non-hydrogen) atoms. The molecule has 7 heteroatoms. The monoisotopic (exact) mass is 309 g/mol. The highest BCUT2D eigenvalue weighted by molar-refractivity contribution is 5.90. The van der Waals surface area contributed by atoms with Gasteiger partial charge in [-0.3, -0.25) is 0 Å². The fraction of sp³-hybridized carbons (Fsp3) is 0.733. The van der Waals surface area contributed by atoms with Gasteiger partial charge in [0.25, 0.3) is 0 Å². The van der Waals surface area contributed by atoms with E-state index in [0.29, 0.717) is 36.9 Å². The van der Waals surface area contributed by atoms with Crippen molar-refractivity contribution in [2.45, 2.75) is 44.2 Å². The van der Waals surface area contributed by atoms with Crippen molar-refractivity contribution in [3.63, 3.8) is 0 Å². The summed E-state index contributed by atoms with van der Waals surface area (Å²) >= 11 is 0. The molecule has 2 fully saturated rings. The lowest BCUT2D eigenvalue weighted by atomic mass is 10.0. The molecule has 3 heterocycles. The van der Waals surface area contributed by atoms with E-state index in [1.54, 1.807) is 4.68 Å². The zero-order valence-corrected chi connectivity index (χ0v) is 12.9. The highest BCUT2D eigenvalue weighted by Crippen LogP contribution is 2.36. The van der Waals surface area contributed by atoms with Gasteiger partial charge >= 0.3 is 5.97 Å². The van der Waals surface area contributed by atoms with Crippen LogP contribution in [0.5, 0.6) is 0 Å². The molecule has 1 atom stereocenters. The van der Waals surface area contributed by atoms with Crippen LogP contribution in [0.1, 0.15) is 60.3 Å². The zero-order chi connectivity index (χ0) is 15.5. The van der Waals surface area contributed by atoms with Crippen molar-refractivity contribution >= 4 is 11.8 Å². The number of esters is 1. The number of ether oxygens (including phenoxy) is 3. The first kappa shape index (κ1) is 15.3. The molecular formula is C15H23N3O4. The molecular weight excluding hydrogens is 286 g/mol. The van der Waals surface area contributed by atoms with E-state index in [0.717, 1.165) is 32.1 Å². The second-order valence-electron chi connectivity index (χ2n) is 5.78. The van der Waals surface area contributed by atoms with Crippen LogP contribution in [0.15, 0.2) is 0 Å². The first-order valence-electron chi connectivity index (χ1n) is 7.88. The highest BCUT2D eigenvalue weighted by Gasteiger charge is 2.32. The Morgan fingerprint density at radius 1 is 1.27 bits per heavy atom. The van der Waals surface area contributed by atoms with Gasteiger partial charge in [-0.2, -0.15) is 5.10 Å². The molecule has 1 unspecified atom stereocenters. The van der Waals surface area contributed by atoms with Gasteiger partial charge < -0.3 is 19.9 Å². The summed E-state index contributed by atoms with van der Waals surface area (Å²) in [4.78, 5) is 12.1. The van der Waals surface area contributed by atoms with Gasteiger partial charge in [0.1, 0.15) is 5.82 Å². The Kier molecular flexibility index (Phi) is 4.63. The van der Waals surface area contributed by atoms with Gasteiger partial charge in [0.15, 0.2) is 5.69 Å². The van der Waals surface area contributed by atoms with Crippen LogP contribution >= 0.6 is 0 Å². The molecule has 2 aliphatic heterocycles. The summed E-state index contributed by atoms with van der Waals surface area (Å²) in [6.45, 7) is 2.06. The minimum atomic E-state index is -0.457. The molecule has 1 aromatic rings. The number of hydrogen-bond donors (Lipinski definition) is 1. The van der Waals surface area contributed by atoms with Crippen LogP contribution < -0.4 is 5.73 Å². The number of nitrogens with zero attached hydrogens (tertiary/aromatic N) is 2. The van der Waals surface area contributed by atoms with Gasteiger partial charge in [-0.15, -0.1) is 0 Å². The van der Waals surface area contributed by atoms with E-state index >= 15 is 0 Å². The number of methoxy groups -OCH3 is 1. The highest BCUT2D eigenvalue weighted by atomic mass is 16.5. The Bertz CT molecular complexity index is 531. The normalized spacial score (nSPS) is 23.4. The van der Waals surface area contributed by atoms with Crippen molar-refractivity contribution in [2.75, 3.05) is 32.7 Å². The second kappa shape index (κ2) is 6.66. The van der Waals surface area contributed by atoms with E-state index in [-0.39, 0.29) is 12.1 Å². The fourth-order valence-corrected chi connectivity index (χ4v) is 3.20. The predicted molar refractivity (Wildman–Crippen MR) is 79.6 cm³/mol. The SMILES string of the molecule is COC(=O)c1nn(C2CCOCC2)c(N)c1C1CCCCO1. The van der Waals surface area contributed by atoms with E-state index in [4.69, 9.17) is 19.9 Å². The minimum absolute atomic E-state index is 0.162. The summed E-state index contributed by atoms with van der Waals surface area (Å²) in [5.41, 5.74) is 7.31. The number of hydrogen-bond acceptors (Lipinski definition) is 6. The van der Waals surface area contributed by atoms with Crippen LogP contribution in [-0.2, 0) is 14.2 Å². The lowest BCUT2D eigenvalue weighted by Crippen LogP contribution is -2.22. The quantitative estimate of drug-likeness (QED) is 0.857. The maximum atomic E-state index is 12.1.